The maximum Gasteiger partial charge on any atom is 0.326 e. The molecule has 2 amide bonds. The van der Waals surface area contributed by atoms with Gasteiger partial charge < -0.3 is 4.74 Å². The standard InChI is InChI=1S/C21H19NO5/c1-3-14-8-10-15(11-9-14)19(24)13(2)27-18(23)12-22-20(25)16-6-4-5-7-17(16)21(22)26/h4-11,13H,3,12H2,1-2H3/t13-/m1/s1. The monoisotopic (exact) mass is 365 g/mol. The molecule has 6 heteroatoms. The lowest BCUT2D eigenvalue weighted by Crippen LogP contribution is -2.37. The molecule has 1 aliphatic rings. The fraction of sp³-hybridized carbons (Fsp3) is 0.238. The first kappa shape index (κ1) is 18.5. The second kappa shape index (κ2) is 7.53. The number of esters is 1. The number of aryl methyl sites for hydroxylation is 1. The van der Waals surface area contributed by atoms with E-state index >= 15 is 0 Å². The fourth-order valence-electron chi connectivity index (χ4n) is 2.94. The van der Waals surface area contributed by atoms with Gasteiger partial charge in [0.05, 0.1) is 11.1 Å². The molecule has 0 saturated heterocycles. The molecule has 0 N–H and O–H groups in total. The number of rotatable bonds is 6. The van der Waals surface area contributed by atoms with E-state index in [1.165, 1.54) is 19.1 Å². The summed E-state index contributed by atoms with van der Waals surface area (Å²) in [5.74, 6) is -2.23. The van der Waals surface area contributed by atoms with Crippen LogP contribution in [-0.2, 0) is 16.0 Å². The van der Waals surface area contributed by atoms with E-state index in [1.54, 1.807) is 24.3 Å². The number of hydrogen-bond donors (Lipinski definition) is 0. The van der Waals surface area contributed by atoms with E-state index in [1.807, 2.05) is 19.1 Å². The predicted molar refractivity (Wildman–Crippen MR) is 97.5 cm³/mol. The SMILES string of the molecule is CCc1ccc(C(=O)[C@@H](C)OC(=O)CN2C(=O)c3ccccc3C2=O)cc1. The average Bonchev–Trinajstić information content (AvgIpc) is 2.92. The second-order valence-electron chi connectivity index (χ2n) is 6.29. The molecule has 0 aromatic heterocycles. The molecule has 6 nitrogen and oxygen atoms in total. The van der Waals surface area contributed by atoms with Gasteiger partial charge in [-0.15, -0.1) is 0 Å². The Bertz CT molecular complexity index is 881. The summed E-state index contributed by atoms with van der Waals surface area (Å²) in [6.45, 7) is 2.95. The van der Waals surface area contributed by atoms with E-state index in [9.17, 15) is 19.2 Å². The first-order valence-corrected chi connectivity index (χ1v) is 8.70. The minimum atomic E-state index is -1.01. The van der Waals surface area contributed by atoms with Gasteiger partial charge in [0, 0.05) is 5.56 Å². The minimum Gasteiger partial charge on any atom is -0.453 e. The van der Waals surface area contributed by atoms with Crippen LogP contribution in [0.1, 0.15) is 50.5 Å². The van der Waals surface area contributed by atoms with Crippen LogP contribution in [-0.4, -0.2) is 41.1 Å². The van der Waals surface area contributed by atoms with Crippen LogP contribution in [0.4, 0.5) is 0 Å². The van der Waals surface area contributed by atoms with Crippen LogP contribution >= 0.6 is 0 Å². The molecule has 0 unspecified atom stereocenters. The number of fused-ring (bicyclic) bond motifs is 1. The quantitative estimate of drug-likeness (QED) is 0.447. The van der Waals surface area contributed by atoms with Crippen LogP contribution < -0.4 is 0 Å². The highest BCUT2D eigenvalue weighted by Gasteiger charge is 2.37. The zero-order chi connectivity index (χ0) is 19.6. The third-order valence-corrected chi connectivity index (χ3v) is 4.49. The van der Waals surface area contributed by atoms with Crippen molar-refractivity contribution in [3.05, 3.63) is 70.8 Å². The van der Waals surface area contributed by atoms with Crippen molar-refractivity contribution in [2.24, 2.45) is 0 Å². The molecule has 1 atom stereocenters. The van der Waals surface area contributed by atoms with E-state index in [0.717, 1.165) is 16.9 Å². The molecule has 0 saturated carbocycles. The molecule has 2 aromatic rings. The summed E-state index contributed by atoms with van der Waals surface area (Å²) >= 11 is 0. The fourth-order valence-corrected chi connectivity index (χ4v) is 2.94. The number of hydrogen-bond acceptors (Lipinski definition) is 5. The average molecular weight is 365 g/mol. The predicted octanol–water partition coefficient (Wildman–Crippen LogP) is 2.66. The Morgan fingerprint density at radius 2 is 1.52 bits per heavy atom. The van der Waals surface area contributed by atoms with Gasteiger partial charge in [-0.2, -0.15) is 0 Å². The summed E-state index contributed by atoms with van der Waals surface area (Å²) in [7, 11) is 0. The van der Waals surface area contributed by atoms with Crippen LogP contribution in [0.3, 0.4) is 0 Å². The number of ketones is 1. The Labute approximate surface area is 156 Å². The van der Waals surface area contributed by atoms with Gasteiger partial charge in [-0.25, -0.2) is 0 Å². The Morgan fingerprint density at radius 3 is 2.04 bits per heavy atom. The maximum absolute atomic E-state index is 12.4. The highest BCUT2D eigenvalue weighted by molar-refractivity contribution is 6.22. The Balaban J connectivity index is 1.63. The van der Waals surface area contributed by atoms with E-state index in [4.69, 9.17) is 4.74 Å². The Kier molecular flexibility index (Phi) is 5.16. The highest BCUT2D eigenvalue weighted by atomic mass is 16.5. The van der Waals surface area contributed by atoms with Gasteiger partial charge in [-0.05, 0) is 31.0 Å². The molecule has 0 aliphatic carbocycles. The van der Waals surface area contributed by atoms with E-state index in [2.05, 4.69) is 0 Å². The lowest BCUT2D eigenvalue weighted by molar-refractivity contribution is -0.146. The molecule has 1 aliphatic heterocycles. The highest BCUT2D eigenvalue weighted by Crippen LogP contribution is 2.22. The number of nitrogens with zero attached hydrogens (tertiary/aromatic N) is 1. The van der Waals surface area contributed by atoms with Crippen molar-refractivity contribution in [2.75, 3.05) is 6.54 Å². The van der Waals surface area contributed by atoms with Crippen LogP contribution in [0.2, 0.25) is 0 Å². The van der Waals surface area contributed by atoms with Gasteiger partial charge in [0.25, 0.3) is 11.8 Å². The molecule has 1 heterocycles. The molecule has 0 spiro atoms. The molecule has 27 heavy (non-hydrogen) atoms. The number of Topliss-reactive ketones (excluding diaryl/α,β-unsaturated/α-hetero) is 1. The number of benzene rings is 2. The zero-order valence-electron chi connectivity index (χ0n) is 15.1. The minimum absolute atomic E-state index is 0.260. The van der Waals surface area contributed by atoms with Crippen molar-refractivity contribution < 1.29 is 23.9 Å². The van der Waals surface area contributed by atoms with Gasteiger partial charge in [0.15, 0.2) is 6.10 Å². The molecule has 0 bridgehead atoms. The number of imide groups is 1. The number of amides is 2. The van der Waals surface area contributed by atoms with Crippen molar-refractivity contribution in [1.82, 2.24) is 4.90 Å². The number of carbonyl (C=O) groups is 4. The van der Waals surface area contributed by atoms with Crippen molar-refractivity contribution in [1.29, 1.82) is 0 Å². The summed E-state index contributed by atoms with van der Waals surface area (Å²) in [5, 5.41) is 0. The summed E-state index contributed by atoms with van der Waals surface area (Å²) in [6, 6.07) is 13.4. The Morgan fingerprint density at radius 1 is 0.963 bits per heavy atom. The second-order valence-corrected chi connectivity index (χ2v) is 6.29. The summed E-state index contributed by atoms with van der Waals surface area (Å²) in [6.07, 6.45) is -0.153. The van der Waals surface area contributed by atoms with Gasteiger partial charge in [-0.3, -0.25) is 24.1 Å². The van der Waals surface area contributed by atoms with Crippen molar-refractivity contribution in [3.8, 4) is 0 Å². The van der Waals surface area contributed by atoms with E-state index in [0.29, 0.717) is 5.56 Å². The van der Waals surface area contributed by atoms with E-state index in [-0.39, 0.29) is 16.9 Å². The van der Waals surface area contributed by atoms with Gasteiger partial charge in [0.1, 0.15) is 6.54 Å². The molecule has 138 valence electrons. The molecule has 0 fully saturated rings. The third-order valence-electron chi connectivity index (χ3n) is 4.49. The first-order valence-electron chi connectivity index (χ1n) is 8.70. The number of carbonyl (C=O) groups excluding carboxylic acids is 4. The third kappa shape index (κ3) is 3.65. The van der Waals surface area contributed by atoms with Crippen molar-refractivity contribution >= 4 is 23.6 Å². The zero-order valence-corrected chi connectivity index (χ0v) is 15.1. The van der Waals surface area contributed by atoms with E-state index < -0.39 is 30.4 Å². The largest absolute Gasteiger partial charge is 0.453 e. The smallest absolute Gasteiger partial charge is 0.326 e. The molecule has 3 rings (SSSR count). The lowest BCUT2D eigenvalue weighted by atomic mass is 10.0. The first-order chi connectivity index (χ1) is 12.9. The molecular weight excluding hydrogens is 346 g/mol. The van der Waals surface area contributed by atoms with Crippen molar-refractivity contribution in [3.63, 3.8) is 0 Å². The van der Waals surface area contributed by atoms with Crippen LogP contribution in [0.25, 0.3) is 0 Å². The molecular formula is C21H19NO5. The summed E-state index contributed by atoms with van der Waals surface area (Å²) in [4.78, 5) is 49.9. The maximum atomic E-state index is 12.4. The molecule has 2 aromatic carbocycles. The molecule has 0 radical (unpaired) electrons. The van der Waals surface area contributed by atoms with Gasteiger partial charge in [0.2, 0.25) is 5.78 Å². The topological polar surface area (TPSA) is 80.8 Å². The van der Waals surface area contributed by atoms with Gasteiger partial charge >= 0.3 is 5.97 Å². The number of ether oxygens (including phenoxy) is 1. The summed E-state index contributed by atoms with van der Waals surface area (Å²) in [5.41, 5.74) is 2.06. The Hall–Kier alpha value is -3.28. The van der Waals surface area contributed by atoms with Crippen molar-refractivity contribution in [2.45, 2.75) is 26.4 Å². The normalized spacial score (nSPS) is 14.1. The van der Waals surface area contributed by atoms with Gasteiger partial charge in [-0.1, -0.05) is 43.3 Å². The lowest BCUT2D eigenvalue weighted by Gasteiger charge is -2.16. The van der Waals surface area contributed by atoms with Crippen LogP contribution in [0.5, 0.6) is 0 Å². The van der Waals surface area contributed by atoms with Crippen LogP contribution in [0.15, 0.2) is 48.5 Å². The van der Waals surface area contributed by atoms with Crippen LogP contribution in [0, 0.1) is 0 Å². The summed E-state index contributed by atoms with van der Waals surface area (Å²) < 4.78 is 5.15.